The van der Waals surface area contributed by atoms with Crippen LogP contribution in [0.4, 0.5) is 4.39 Å². The molecule has 5 nitrogen and oxygen atoms in total. The number of aromatic amines is 1. The molecule has 114 valence electrons. The van der Waals surface area contributed by atoms with Gasteiger partial charge in [-0.05, 0) is 30.7 Å². The van der Waals surface area contributed by atoms with Gasteiger partial charge in [-0.2, -0.15) is 0 Å². The molecular weight excluding hydrogens is 285 g/mol. The van der Waals surface area contributed by atoms with Gasteiger partial charge < -0.3 is 9.88 Å². The van der Waals surface area contributed by atoms with Gasteiger partial charge in [0.2, 0.25) is 5.91 Å². The maximum atomic E-state index is 13.0. The summed E-state index contributed by atoms with van der Waals surface area (Å²) in [4.78, 5) is 32.9. The molecule has 0 saturated carbocycles. The standard InChI is InChI=1S/C16H16FN3O2/c1-2-14(21)20-8-7-12-13(9-20)18-15(19-16(12)22)10-3-5-11(17)6-4-10/h3-6H,2,7-9H2,1H3,(H,18,19,22). The van der Waals surface area contributed by atoms with Crippen molar-refractivity contribution in [2.24, 2.45) is 0 Å². The predicted octanol–water partition coefficient (Wildman–Crippen LogP) is 1.87. The van der Waals surface area contributed by atoms with Crippen LogP contribution in [0.25, 0.3) is 11.4 Å². The summed E-state index contributed by atoms with van der Waals surface area (Å²) >= 11 is 0. The zero-order chi connectivity index (χ0) is 15.7. The van der Waals surface area contributed by atoms with E-state index in [1.54, 1.807) is 17.0 Å². The van der Waals surface area contributed by atoms with E-state index in [0.717, 1.165) is 0 Å². The molecular formula is C16H16FN3O2. The van der Waals surface area contributed by atoms with Gasteiger partial charge in [-0.1, -0.05) is 6.92 Å². The van der Waals surface area contributed by atoms with Gasteiger partial charge in [-0.25, -0.2) is 9.37 Å². The largest absolute Gasteiger partial charge is 0.336 e. The van der Waals surface area contributed by atoms with Crippen molar-refractivity contribution in [1.82, 2.24) is 14.9 Å². The fourth-order valence-electron chi connectivity index (χ4n) is 2.62. The lowest BCUT2D eigenvalue weighted by molar-refractivity contribution is -0.131. The SMILES string of the molecule is CCC(=O)N1CCc2c(nc(-c3ccc(F)cc3)[nH]c2=O)C1. The number of benzene rings is 1. The molecule has 1 N–H and O–H groups in total. The van der Waals surface area contributed by atoms with Crippen LogP contribution in [-0.4, -0.2) is 27.3 Å². The molecule has 1 aromatic carbocycles. The fraction of sp³-hybridized carbons (Fsp3) is 0.312. The van der Waals surface area contributed by atoms with Crippen LogP contribution in [0.15, 0.2) is 29.1 Å². The van der Waals surface area contributed by atoms with Crippen molar-refractivity contribution in [2.45, 2.75) is 26.3 Å². The van der Waals surface area contributed by atoms with Gasteiger partial charge in [-0.15, -0.1) is 0 Å². The molecule has 1 aromatic heterocycles. The van der Waals surface area contributed by atoms with Crippen LogP contribution in [0, 0.1) is 5.82 Å². The van der Waals surface area contributed by atoms with Gasteiger partial charge in [0.15, 0.2) is 0 Å². The molecule has 0 radical (unpaired) electrons. The predicted molar refractivity (Wildman–Crippen MR) is 79.7 cm³/mol. The van der Waals surface area contributed by atoms with E-state index < -0.39 is 0 Å². The van der Waals surface area contributed by atoms with E-state index in [0.29, 0.717) is 48.6 Å². The minimum Gasteiger partial charge on any atom is -0.336 e. The average Bonchev–Trinajstić information content (AvgIpc) is 2.54. The van der Waals surface area contributed by atoms with Gasteiger partial charge in [0.05, 0.1) is 12.2 Å². The van der Waals surface area contributed by atoms with E-state index in [1.165, 1.54) is 12.1 Å². The lowest BCUT2D eigenvalue weighted by atomic mass is 10.1. The molecule has 0 spiro atoms. The Hall–Kier alpha value is -2.50. The van der Waals surface area contributed by atoms with Crippen LogP contribution in [0.5, 0.6) is 0 Å². The van der Waals surface area contributed by atoms with E-state index in [2.05, 4.69) is 9.97 Å². The monoisotopic (exact) mass is 301 g/mol. The normalized spacial score (nSPS) is 13.8. The number of hydrogen-bond donors (Lipinski definition) is 1. The highest BCUT2D eigenvalue weighted by Crippen LogP contribution is 2.19. The van der Waals surface area contributed by atoms with Crippen LogP contribution >= 0.6 is 0 Å². The zero-order valence-electron chi connectivity index (χ0n) is 12.2. The minimum absolute atomic E-state index is 0.0519. The van der Waals surface area contributed by atoms with Crippen molar-refractivity contribution >= 4 is 5.91 Å². The molecule has 2 aromatic rings. The lowest BCUT2D eigenvalue weighted by Crippen LogP contribution is -2.38. The van der Waals surface area contributed by atoms with Gasteiger partial charge in [-0.3, -0.25) is 9.59 Å². The molecule has 0 bridgehead atoms. The van der Waals surface area contributed by atoms with Crippen LogP contribution in [-0.2, 0) is 17.8 Å². The van der Waals surface area contributed by atoms with Crippen LogP contribution in [0.2, 0.25) is 0 Å². The number of rotatable bonds is 2. The van der Waals surface area contributed by atoms with Crippen molar-refractivity contribution < 1.29 is 9.18 Å². The number of hydrogen-bond acceptors (Lipinski definition) is 3. The molecule has 2 heterocycles. The van der Waals surface area contributed by atoms with Crippen molar-refractivity contribution in [2.75, 3.05) is 6.54 Å². The van der Waals surface area contributed by atoms with Crippen LogP contribution < -0.4 is 5.56 Å². The molecule has 0 saturated heterocycles. The molecule has 1 amide bonds. The summed E-state index contributed by atoms with van der Waals surface area (Å²) in [5.41, 5.74) is 1.70. The van der Waals surface area contributed by atoms with Crippen molar-refractivity contribution in [1.29, 1.82) is 0 Å². The van der Waals surface area contributed by atoms with Gasteiger partial charge in [0.1, 0.15) is 11.6 Å². The van der Waals surface area contributed by atoms with E-state index >= 15 is 0 Å². The maximum Gasteiger partial charge on any atom is 0.254 e. The molecule has 1 aliphatic rings. The number of nitrogens with one attached hydrogen (secondary N) is 1. The Kier molecular flexibility index (Phi) is 3.75. The van der Waals surface area contributed by atoms with Crippen molar-refractivity contribution in [3.05, 3.63) is 51.7 Å². The summed E-state index contributed by atoms with van der Waals surface area (Å²) in [5, 5.41) is 0. The molecule has 6 heteroatoms. The Morgan fingerprint density at radius 1 is 1.36 bits per heavy atom. The molecule has 22 heavy (non-hydrogen) atoms. The number of fused-ring (bicyclic) bond motifs is 1. The summed E-state index contributed by atoms with van der Waals surface area (Å²) in [7, 11) is 0. The number of nitrogens with zero attached hydrogens (tertiary/aromatic N) is 2. The third kappa shape index (κ3) is 2.64. The fourth-order valence-corrected chi connectivity index (χ4v) is 2.62. The first-order valence-electron chi connectivity index (χ1n) is 7.24. The topological polar surface area (TPSA) is 66.1 Å². The maximum absolute atomic E-state index is 13.0. The summed E-state index contributed by atoms with van der Waals surface area (Å²) in [5.74, 6) is 0.106. The molecule has 3 rings (SSSR count). The molecule has 0 unspecified atom stereocenters. The second-order valence-electron chi connectivity index (χ2n) is 5.27. The number of carbonyl (C=O) groups excluding carboxylic acids is 1. The molecule has 0 aliphatic carbocycles. The first kappa shape index (κ1) is 14.4. The highest BCUT2D eigenvalue weighted by Gasteiger charge is 2.23. The Morgan fingerprint density at radius 2 is 2.09 bits per heavy atom. The zero-order valence-corrected chi connectivity index (χ0v) is 12.2. The van der Waals surface area contributed by atoms with Gasteiger partial charge in [0.25, 0.3) is 5.56 Å². The first-order valence-corrected chi connectivity index (χ1v) is 7.24. The summed E-state index contributed by atoms with van der Waals surface area (Å²) in [6.07, 6.45) is 0.941. The summed E-state index contributed by atoms with van der Waals surface area (Å²) in [6, 6.07) is 5.78. The quantitative estimate of drug-likeness (QED) is 0.921. The molecule has 0 atom stereocenters. The Labute approximate surface area is 126 Å². The first-order chi connectivity index (χ1) is 10.6. The number of halogens is 1. The van der Waals surface area contributed by atoms with Crippen LogP contribution in [0.1, 0.15) is 24.6 Å². The van der Waals surface area contributed by atoms with E-state index in [4.69, 9.17) is 0 Å². The molecule has 1 aliphatic heterocycles. The second-order valence-corrected chi connectivity index (χ2v) is 5.27. The summed E-state index contributed by atoms with van der Waals surface area (Å²) < 4.78 is 13.0. The van der Waals surface area contributed by atoms with Crippen LogP contribution in [0.3, 0.4) is 0 Å². The third-order valence-corrected chi connectivity index (χ3v) is 3.85. The Bertz CT molecular complexity index is 768. The second kappa shape index (κ2) is 5.71. The third-order valence-electron chi connectivity index (χ3n) is 3.85. The van der Waals surface area contributed by atoms with E-state index in [9.17, 15) is 14.0 Å². The highest BCUT2D eigenvalue weighted by atomic mass is 19.1. The number of amides is 1. The van der Waals surface area contributed by atoms with Crippen molar-refractivity contribution in [3.8, 4) is 11.4 Å². The molecule has 0 fully saturated rings. The minimum atomic E-state index is -0.344. The van der Waals surface area contributed by atoms with E-state index in [1.807, 2.05) is 6.92 Å². The Morgan fingerprint density at radius 3 is 2.77 bits per heavy atom. The lowest BCUT2D eigenvalue weighted by Gasteiger charge is -2.27. The number of carbonyl (C=O) groups is 1. The number of H-pyrrole nitrogens is 1. The summed E-state index contributed by atoms with van der Waals surface area (Å²) in [6.45, 7) is 2.70. The number of aromatic nitrogens is 2. The van der Waals surface area contributed by atoms with Gasteiger partial charge in [0, 0.05) is 24.1 Å². The highest BCUT2D eigenvalue weighted by molar-refractivity contribution is 5.76. The Balaban J connectivity index is 2.00. The van der Waals surface area contributed by atoms with Gasteiger partial charge >= 0.3 is 0 Å². The van der Waals surface area contributed by atoms with E-state index in [-0.39, 0.29) is 17.3 Å². The van der Waals surface area contributed by atoms with Crippen molar-refractivity contribution in [3.63, 3.8) is 0 Å². The smallest absolute Gasteiger partial charge is 0.254 e. The average molecular weight is 301 g/mol.